The lowest BCUT2D eigenvalue weighted by Gasteiger charge is -2.25. The Bertz CT molecular complexity index is 591. The molecule has 1 fully saturated rings. The second kappa shape index (κ2) is 9.57. The summed E-state index contributed by atoms with van der Waals surface area (Å²) in [7, 11) is 1.31. The van der Waals surface area contributed by atoms with E-state index in [2.05, 4.69) is 51.5 Å². The van der Waals surface area contributed by atoms with Crippen molar-refractivity contribution in [3.8, 4) is 0 Å². The molecule has 2 rings (SSSR count). The second-order valence-electron chi connectivity index (χ2n) is 7.39. The Morgan fingerprint density at radius 3 is 2.54 bits per heavy atom. The molecule has 0 radical (unpaired) electrons. The zero-order valence-electron chi connectivity index (χ0n) is 16.2. The predicted molar refractivity (Wildman–Crippen MR) is 102 cm³/mol. The number of ether oxygens (including phenoxy) is 1. The molecule has 0 bridgehead atoms. The Balaban J connectivity index is 1.91. The van der Waals surface area contributed by atoms with Gasteiger partial charge in [0, 0.05) is 25.2 Å². The number of carbonyl (C=O) groups is 2. The lowest BCUT2D eigenvalue weighted by molar-refractivity contribution is -0.124. The van der Waals surface area contributed by atoms with Gasteiger partial charge in [0.15, 0.2) is 0 Å². The van der Waals surface area contributed by atoms with Crippen LogP contribution in [0.5, 0.6) is 0 Å². The molecular formula is C20H31N3O3. The van der Waals surface area contributed by atoms with Gasteiger partial charge >= 0.3 is 6.09 Å². The van der Waals surface area contributed by atoms with E-state index in [4.69, 9.17) is 0 Å². The molecule has 6 heteroatoms. The number of hydrogen-bond donors (Lipinski definition) is 2. The molecule has 3 atom stereocenters. The molecule has 1 aromatic rings. The van der Waals surface area contributed by atoms with E-state index in [-0.39, 0.29) is 11.9 Å². The van der Waals surface area contributed by atoms with Crippen LogP contribution >= 0.6 is 0 Å². The largest absolute Gasteiger partial charge is 0.453 e. The van der Waals surface area contributed by atoms with Crippen LogP contribution < -0.4 is 10.6 Å². The summed E-state index contributed by atoms with van der Waals surface area (Å²) in [4.78, 5) is 26.5. The van der Waals surface area contributed by atoms with E-state index in [1.165, 1.54) is 12.7 Å². The number of likely N-dealkylation sites (tertiary alicyclic amines) is 1. The Morgan fingerprint density at radius 2 is 1.92 bits per heavy atom. The molecule has 0 aromatic heterocycles. The summed E-state index contributed by atoms with van der Waals surface area (Å²) in [6.07, 6.45) is 0.921. The average molecular weight is 361 g/mol. The summed E-state index contributed by atoms with van der Waals surface area (Å²) in [6, 6.07) is 10.2. The van der Waals surface area contributed by atoms with Crippen LogP contribution in [0, 0.1) is 5.92 Å². The third-order valence-corrected chi connectivity index (χ3v) is 4.90. The maximum atomic E-state index is 12.6. The Hall–Kier alpha value is -2.08. The number of methoxy groups -OCH3 is 1. The minimum absolute atomic E-state index is 0.0998. The molecule has 144 valence electrons. The van der Waals surface area contributed by atoms with Crippen LogP contribution in [-0.4, -0.2) is 49.2 Å². The molecule has 1 aliphatic heterocycles. The average Bonchev–Trinajstić information content (AvgIpc) is 3.09. The van der Waals surface area contributed by atoms with Crippen LogP contribution in [0.1, 0.15) is 45.2 Å². The van der Waals surface area contributed by atoms with Gasteiger partial charge in [-0.25, -0.2) is 4.79 Å². The highest BCUT2D eigenvalue weighted by Crippen LogP contribution is 2.24. The number of nitrogens with zero attached hydrogens (tertiary/aromatic N) is 1. The quantitative estimate of drug-likeness (QED) is 0.783. The normalized spacial score (nSPS) is 19.8. The van der Waals surface area contributed by atoms with Crippen molar-refractivity contribution in [3.63, 3.8) is 0 Å². The fourth-order valence-corrected chi connectivity index (χ4v) is 3.41. The number of benzene rings is 1. The van der Waals surface area contributed by atoms with Crippen LogP contribution in [0.2, 0.25) is 0 Å². The van der Waals surface area contributed by atoms with E-state index in [0.717, 1.165) is 19.5 Å². The van der Waals surface area contributed by atoms with Crippen LogP contribution in [0.25, 0.3) is 0 Å². The van der Waals surface area contributed by atoms with Gasteiger partial charge < -0.3 is 15.4 Å². The van der Waals surface area contributed by atoms with Crippen LogP contribution in [-0.2, 0) is 9.53 Å². The van der Waals surface area contributed by atoms with Crippen LogP contribution in [0.3, 0.4) is 0 Å². The standard InChI is InChI=1S/C20H31N3O3/c1-14(2)12-18(22-20(25)26-4)19(24)21-17-10-11-23(13-17)15(3)16-8-6-5-7-9-16/h5-9,14-15,17-18H,10-13H2,1-4H3,(H,21,24)(H,22,25). The Kier molecular flexibility index (Phi) is 7.45. The SMILES string of the molecule is COC(=O)NC(CC(C)C)C(=O)NC1CCN(C(C)c2ccccc2)C1. The smallest absolute Gasteiger partial charge is 0.407 e. The number of amides is 2. The minimum Gasteiger partial charge on any atom is -0.453 e. The first-order valence-corrected chi connectivity index (χ1v) is 9.34. The van der Waals surface area contributed by atoms with E-state index in [9.17, 15) is 9.59 Å². The van der Waals surface area contributed by atoms with Crippen molar-refractivity contribution < 1.29 is 14.3 Å². The second-order valence-corrected chi connectivity index (χ2v) is 7.39. The van der Waals surface area contributed by atoms with Gasteiger partial charge in [0.25, 0.3) is 0 Å². The maximum Gasteiger partial charge on any atom is 0.407 e. The zero-order valence-corrected chi connectivity index (χ0v) is 16.2. The van der Waals surface area contributed by atoms with Crippen molar-refractivity contribution in [2.75, 3.05) is 20.2 Å². The number of hydrogen-bond acceptors (Lipinski definition) is 4. The third kappa shape index (κ3) is 5.73. The highest BCUT2D eigenvalue weighted by Gasteiger charge is 2.30. The van der Waals surface area contributed by atoms with Crippen molar-refractivity contribution >= 4 is 12.0 Å². The van der Waals surface area contributed by atoms with E-state index < -0.39 is 12.1 Å². The van der Waals surface area contributed by atoms with E-state index in [1.807, 2.05) is 19.9 Å². The van der Waals surface area contributed by atoms with Gasteiger partial charge in [-0.2, -0.15) is 0 Å². The predicted octanol–water partition coefficient (Wildman–Crippen LogP) is 2.71. The molecule has 0 spiro atoms. The number of rotatable bonds is 7. The highest BCUT2D eigenvalue weighted by molar-refractivity contribution is 5.85. The lowest BCUT2D eigenvalue weighted by Crippen LogP contribution is -2.50. The van der Waals surface area contributed by atoms with E-state index in [0.29, 0.717) is 18.4 Å². The maximum absolute atomic E-state index is 12.6. The van der Waals surface area contributed by atoms with Gasteiger partial charge in [-0.15, -0.1) is 0 Å². The lowest BCUT2D eigenvalue weighted by atomic mass is 10.0. The van der Waals surface area contributed by atoms with Crippen molar-refractivity contribution in [2.45, 2.75) is 51.7 Å². The monoisotopic (exact) mass is 361 g/mol. The third-order valence-electron chi connectivity index (χ3n) is 4.90. The van der Waals surface area contributed by atoms with Crippen molar-refractivity contribution in [1.29, 1.82) is 0 Å². The molecule has 1 saturated heterocycles. The zero-order chi connectivity index (χ0) is 19.1. The Labute approximate surface area is 156 Å². The van der Waals surface area contributed by atoms with Crippen molar-refractivity contribution in [1.82, 2.24) is 15.5 Å². The van der Waals surface area contributed by atoms with Crippen LogP contribution in [0.4, 0.5) is 4.79 Å². The topological polar surface area (TPSA) is 70.7 Å². The summed E-state index contributed by atoms with van der Waals surface area (Å²) in [5.41, 5.74) is 1.28. The number of carbonyl (C=O) groups excluding carboxylic acids is 2. The fourth-order valence-electron chi connectivity index (χ4n) is 3.41. The molecule has 1 heterocycles. The van der Waals surface area contributed by atoms with Gasteiger partial charge in [-0.1, -0.05) is 44.2 Å². The van der Waals surface area contributed by atoms with Crippen molar-refractivity contribution in [3.05, 3.63) is 35.9 Å². The first-order chi connectivity index (χ1) is 12.4. The van der Waals surface area contributed by atoms with Crippen LogP contribution in [0.15, 0.2) is 30.3 Å². The summed E-state index contributed by atoms with van der Waals surface area (Å²) in [5, 5.41) is 5.74. The fraction of sp³-hybridized carbons (Fsp3) is 0.600. The van der Waals surface area contributed by atoms with E-state index >= 15 is 0 Å². The number of nitrogens with one attached hydrogen (secondary N) is 2. The molecule has 6 nitrogen and oxygen atoms in total. The van der Waals surface area contributed by atoms with Gasteiger partial charge in [-0.3, -0.25) is 9.69 Å². The molecule has 26 heavy (non-hydrogen) atoms. The summed E-state index contributed by atoms with van der Waals surface area (Å²) in [6.45, 7) is 8.00. The Morgan fingerprint density at radius 1 is 1.23 bits per heavy atom. The van der Waals surface area contributed by atoms with Gasteiger partial charge in [0.2, 0.25) is 5.91 Å². The molecule has 3 unspecified atom stereocenters. The van der Waals surface area contributed by atoms with Crippen molar-refractivity contribution in [2.24, 2.45) is 5.92 Å². The molecule has 1 aliphatic rings. The van der Waals surface area contributed by atoms with Gasteiger partial charge in [0.1, 0.15) is 6.04 Å². The highest BCUT2D eigenvalue weighted by atomic mass is 16.5. The number of alkyl carbamates (subject to hydrolysis) is 1. The molecule has 2 N–H and O–H groups in total. The molecule has 1 aromatic carbocycles. The summed E-state index contributed by atoms with van der Waals surface area (Å²) < 4.78 is 4.64. The first-order valence-electron chi connectivity index (χ1n) is 9.34. The summed E-state index contributed by atoms with van der Waals surface area (Å²) >= 11 is 0. The molecular weight excluding hydrogens is 330 g/mol. The van der Waals surface area contributed by atoms with Gasteiger partial charge in [-0.05, 0) is 31.2 Å². The van der Waals surface area contributed by atoms with E-state index in [1.54, 1.807) is 0 Å². The molecule has 0 aliphatic carbocycles. The van der Waals surface area contributed by atoms with Gasteiger partial charge in [0.05, 0.1) is 7.11 Å². The first kappa shape index (κ1) is 20.2. The minimum atomic E-state index is -0.573. The molecule has 0 saturated carbocycles. The molecule has 2 amide bonds. The summed E-state index contributed by atoms with van der Waals surface area (Å²) in [5.74, 6) is 0.157.